The summed E-state index contributed by atoms with van der Waals surface area (Å²) >= 11 is 0. The van der Waals surface area contributed by atoms with Crippen molar-refractivity contribution >= 4 is 0 Å². The lowest BCUT2D eigenvalue weighted by molar-refractivity contribution is 0.140. The standard InChI is InChI=1S/C14H23NO/c1-3-12-5-7-13(8-6-12)11-14(15)9-10-16-4-2/h5-8,14H,3-4,9-11,15H2,1-2H3. The minimum atomic E-state index is 0.207. The van der Waals surface area contributed by atoms with Crippen LogP contribution in [0.15, 0.2) is 24.3 Å². The predicted molar refractivity (Wildman–Crippen MR) is 68.6 cm³/mol. The second kappa shape index (κ2) is 7.42. The molecule has 1 aromatic carbocycles. The summed E-state index contributed by atoms with van der Waals surface area (Å²) < 4.78 is 5.30. The van der Waals surface area contributed by atoms with Crippen molar-refractivity contribution in [3.8, 4) is 0 Å². The zero-order valence-corrected chi connectivity index (χ0v) is 10.4. The van der Waals surface area contributed by atoms with Gasteiger partial charge in [0, 0.05) is 19.3 Å². The van der Waals surface area contributed by atoms with Crippen LogP contribution in [-0.4, -0.2) is 19.3 Å². The monoisotopic (exact) mass is 221 g/mol. The van der Waals surface area contributed by atoms with E-state index in [0.29, 0.717) is 0 Å². The third kappa shape index (κ3) is 4.77. The molecule has 2 nitrogen and oxygen atoms in total. The van der Waals surface area contributed by atoms with Gasteiger partial charge in [-0.15, -0.1) is 0 Å². The van der Waals surface area contributed by atoms with Crippen molar-refractivity contribution in [3.63, 3.8) is 0 Å². The molecule has 1 rings (SSSR count). The van der Waals surface area contributed by atoms with Crippen molar-refractivity contribution in [2.75, 3.05) is 13.2 Å². The molecule has 90 valence electrons. The van der Waals surface area contributed by atoms with Crippen molar-refractivity contribution in [3.05, 3.63) is 35.4 Å². The summed E-state index contributed by atoms with van der Waals surface area (Å²) in [5, 5.41) is 0. The van der Waals surface area contributed by atoms with Crippen LogP contribution in [0, 0.1) is 0 Å². The normalized spacial score (nSPS) is 12.7. The first-order chi connectivity index (χ1) is 7.76. The first-order valence-electron chi connectivity index (χ1n) is 6.17. The molecule has 0 saturated carbocycles. The van der Waals surface area contributed by atoms with Gasteiger partial charge in [0.2, 0.25) is 0 Å². The van der Waals surface area contributed by atoms with E-state index in [9.17, 15) is 0 Å². The van der Waals surface area contributed by atoms with Gasteiger partial charge in [-0.05, 0) is 37.3 Å². The SMILES string of the molecule is CCOCCC(N)Cc1ccc(CC)cc1. The number of nitrogens with two attached hydrogens (primary N) is 1. The maximum Gasteiger partial charge on any atom is 0.0480 e. The minimum Gasteiger partial charge on any atom is -0.382 e. The first kappa shape index (κ1) is 13.2. The van der Waals surface area contributed by atoms with Crippen molar-refractivity contribution < 1.29 is 4.74 Å². The molecule has 0 aliphatic carbocycles. The Balaban J connectivity index is 2.34. The third-order valence-electron chi connectivity index (χ3n) is 2.77. The highest BCUT2D eigenvalue weighted by atomic mass is 16.5. The molecule has 0 heterocycles. The van der Waals surface area contributed by atoms with Gasteiger partial charge >= 0.3 is 0 Å². The molecule has 0 saturated heterocycles. The van der Waals surface area contributed by atoms with Crippen LogP contribution in [0.4, 0.5) is 0 Å². The Morgan fingerprint density at radius 1 is 1.12 bits per heavy atom. The van der Waals surface area contributed by atoms with E-state index >= 15 is 0 Å². The Morgan fingerprint density at radius 3 is 2.31 bits per heavy atom. The van der Waals surface area contributed by atoms with Crippen LogP contribution in [0.5, 0.6) is 0 Å². The van der Waals surface area contributed by atoms with Crippen LogP contribution < -0.4 is 5.73 Å². The Hall–Kier alpha value is -0.860. The quantitative estimate of drug-likeness (QED) is 0.718. The van der Waals surface area contributed by atoms with Gasteiger partial charge < -0.3 is 10.5 Å². The molecular weight excluding hydrogens is 198 g/mol. The van der Waals surface area contributed by atoms with Gasteiger partial charge in [0.1, 0.15) is 0 Å². The fourth-order valence-electron chi connectivity index (χ4n) is 1.69. The number of benzene rings is 1. The smallest absolute Gasteiger partial charge is 0.0480 e. The molecule has 1 unspecified atom stereocenters. The average Bonchev–Trinajstić information content (AvgIpc) is 2.30. The minimum absolute atomic E-state index is 0.207. The van der Waals surface area contributed by atoms with Gasteiger partial charge in [-0.1, -0.05) is 31.2 Å². The molecule has 0 aromatic heterocycles. The van der Waals surface area contributed by atoms with Gasteiger partial charge in [0.15, 0.2) is 0 Å². The zero-order chi connectivity index (χ0) is 11.8. The first-order valence-corrected chi connectivity index (χ1v) is 6.17. The van der Waals surface area contributed by atoms with Gasteiger partial charge in [0.05, 0.1) is 0 Å². The Bertz CT molecular complexity index is 281. The highest BCUT2D eigenvalue weighted by molar-refractivity contribution is 5.23. The van der Waals surface area contributed by atoms with Crippen LogP contribution >= 0.6 is 0 Å². The second-order valence-corrected chi connectivity index (χ2v) is 4.12. The van der Waals surface area contributed by atoms with Crippen LogP contribution in [0.2, 0.25) is 0 Å². The Morgan fingerprint density at radius 2 is 1.75 bits per heavy atom. The Kier molecular flexibility index (Phi) is 6.12. The highest BCUT2D eigenvalue weighted by Gasteiger charge is 2.03. The van der Waals surface area contributed by atoms with Crippen molar-refractivity contribution in [2.24, 2.45) is 5.73 Å². The van der Waals surface area contributed by atoms with E-state index in [-0.39, 0.29) is 6.04 Å². The Labute approximate surface area is 98.8 Å². The van der Waals surface area contributed by atoms with E-state index < -0.39 is 0 Å². The maximum atomic E-state index is 6.04. The van der Waals surface area contributed by atoms with Gasteiger partial charge in [-0.3, -0.25) is 0 Å². The van der Waals surface area contributed by atoms with Crippen LogP contribution in [-0.2, 0) is 17.6 Å². The largest absolute Gasteiger partial charge is 0.382 e. The third-order valence-corrected chi connectivity index (χ3v) is 2.77. The summed E-state index contributed by atoms with van der Waals surface area (Å²) in [5.74, 6) is 0. The summed E-state index contributed by atoms with van der Waals surface area (Å²) in [6.07, 6.45) is 2.97. The fraction of sp³-hybridized carbons (Fsp3) is 0.571. The number of hydrogen-bond donors (Lipinski definition) is 1. The lowest BCUT2D eigenvalue weighted by Gasteiger charge is -2.11. The number of hydrogen-bond acceptors (Lipinski definition) is 2. The van der Waals surface area contributed by atoms with Crippen LogP contribution in [0.3, 0.4) is 0 Å². The van der Waals surface area contributed by atoms with E-state index in [2.05, 4.69) is 31.2 Å². The molecule has 0 amide bonds. The molecule has 1 atom stereocenters. The molecular formula is C14H23NO. The van der Waals surface area contributed by atoms with Gasteiger partial charge in [0.25, 0.3) is 0 Å². The van der Waals surface area contributed by atoms with E-state index in [1.807, 2.05) is 6.92 Å². The van der Waals surface area contributed by atoms with Crippen LogP contribution in [0.25, 0.3) is 0 Å². The lowest BCUT2D eigenvalue weighted by atomic mass is 10.0. The topological polar surface area (TPSA) is 35.2 Å². The second-order valence-electron chi connectivity index (χ2n) is 4.12. The average molecular weight is 221 g/mol. The molecule has 0 aliphatic heterocycles. The number of ether oxygens (including phenoxy) is 1. The molecule has 0 aliphatic rings. The summed E-state index contributed by atoms with van der Waals surface area (Å²) in [6, 6.07) is 8.94. The van der Waals surface area contributed by atoms with E-state index in [0.717, 1.165) is 32.5 Å². The summed E-state index contributed by atoms with van der Waals surface area (Å²) in [7, 11) is 0. The molecule has 1 aromatic rings. The number of aryl methyl sites for hydroxylation is 1. The van der Waals surface area contributed by atoms with Crippen molar-refractivity contribution in [1.29, 1.82) is 0 Å². The van der Waals surface area contributed by atoms with Gasteiger partial charge in [-0.25, -0.2) is 0 Å². The van der Waals surface area contributed by atoms with Gasteiger partial charge in [-0.2, -0.15) is 0 Å². The molecule has 16 heavy (non-hydrogen) atoms. The molecule has 0 spiro atoms. The molecule has 0 radical (unpaired) electrons. The maximum absolute atomic E-state index is 6.04. The molecule has 2 heteroatoms. The number of rotatable bonds is 7. The summed E-state index contributed by atoms with van der Waals surface area (Å²) in [6.45, 7) is 5.72. The van der Waals surface area contributed by atoms with Crippen LogP contribution in [0.1, 0.15) is 31.4 Å². The molecule has 0 bridgehead atoms. The van der Waals surface area contributed by atoms with E-state index in [1.165, 1.54) is 11.1 Å². The lowest BCUT2D eigenvalue weighted by Crippen LogP contribution is -2.24. The predicted octanol–water partition coefficient (Wildman–Crippen LogP) is 2.55. The summed E-state index contributed by atoms with van der Waals surface area (Å²) in [4.78, 5) is 0. The van der Waals surface area contributed by atoms with E-state index in [4.69, 9.17) is 10.5 Å². The van der Waals surface area contributed by atoms with E-state index in [1.54, 1.807) is 0 Å². The van der Waals surface area contributed by atoms with Crippen molar-refractivity contribution in [1.82, 2.24) is 0 Å². The highest BCUT2D eigenvalue weighted by Crippen LogP contribution is 2.08. The zero-order valence-electron chi connectivity index (χ0n) is 10.4. The molecule has 2 N–H and O–H groups in total. The molecule has 0 fully saturated rings. The fourth-order valence-corrected chi connectivity index (χ4v) is 1.69. The van der Waals surface area contributed by atoms with Crippen molar-refractivity contribution in [2.45, 2.75) is 39.2 Å². The summed E-state index contributed by atoms with van der Waals surface area (Å²) in [5.41, 5.74) is 8.74.